The van der Waals surface area contributed by atoms with Gasteiger partial charge in [-0.15, -0.1) is 0 Å². The Morgan fingerprint density at radius 2 is 1.11 bits per heavy atom. The van der Waals surface area contributed by atoms with Gasteiger partial charge in [-0.05, 0) is 19.3 Å². The molecule has 0 radical (unpaired) electrons. The summed E-state index contributed by atoms with van der Waals surface area (Å²) in [4.78, 5) is 53.9. The van der Waals surface area contributed by atoms with E-state index in [1.54, 1.807) is 0 Å². The molecule has 2 unspecified atom stereocenters. The van der Waals surface area contributed by atoms with Crippen molar-refractivity contribution in [3.63, 3.8) is 0 Å². The van der Waals surface area contributed by atoms with Gasteiger partial charge in [-0.3, -0.25) is 0 Å². The van der Waals surface area contributed by atoms with Gasteiger partial charge < -0.3 is 0 Å². The summed E-state index contributed by atoms with van der Waals surface area (Å²) in [5.74, 6) is 0. The van der Waals surface area contributed by atoms with E-state index in [4.69, 9.17) is 0 Å². The molecule has 0 aliphatic carbocycles. The van der Waals surface area contributed by atoms with E-state index in [0.717, 1.165) is 0 Å². The third-order valence-corrected chi connectivity index (χ3v) is 2.28. The zero-order valence-corrected chi connectivity index (χ0v) is 10.1. The number of aliphatic imine (C=N–C) groups is 4. The number of hydrogen-bond acceptors (Lipinski definition) is 8. The lowest BCUT2D eigenvalue weighted by Crippen LogP contribution is -2.13. The Labute approximate surface area is 109 Å². The monoisotopic (exact) mass is 264 g/mol. The van der Waals surface area contributed by atoms with Crippen molar-refractivity contribution in [2.75, 3.05) is 13.1 Å². The second-order valence-corrected chi connectivity index (χ2v) is 3.54. The van der Waals surface area contributed by atoms with Crippen LogP contribution in [0.25, 0.3) is 0 Å². The molecule has 0 aromatic heterocycles. The molecular weight excluding hydrogens is 252 g/mol. The highest BCUT2D eigenvalue weighted by atomic mass is 16.1. The maximum Gasteiger partial charge on any atom is 0.235 e. The molecule has 0 saturated carbocycles. The van der Waals surface area contributed by atoms with Crippen LogP contribution in [0.15, 0.2) is 20.0 Å². The van der Waals surface area contributed by atoms with Crippen LogP contribution in [-0.2, 0) is 19.2 Å². The first-order valence-corrected chi connectivity index (χ1v) is 5.49. The van der Waals surface area contributed by atoms with Gasteiger partial charge in [0.1, 0.15) is 0 Å². The molecule has 0 bridgehead atoms. The number of rotatable bonds is 10. The maximum absolute atomic E-state index is 10.2. The maximum atomic E-state index is 10.2. The van der Waals surface area contributed by atoms with Gasteiger partial charge in [0.05, 0.1) is 25.2 Å². The summed E-state index contributed by atoms with van der Waals surface area (Å²) < 4.78 is 0. The summed E-state index contributed by atoms with van der Waals surface area (Å²) >= 11 is 0. The fraction of sp³-hybridized carbons (Fsp3) is 0.636. The lowest BCUT2D eigenvalue weighted by Gasteiger charge is -2.09. The summed E-state index contributed by atoms with van der Waals surface area (Å²) in [6.07, 6.45) is 7.03. The minimum absolute atomic E-state index is 0.0623. The van der Waals surface area contributed by atoms with Crippen LogP contribution >= 0.6 is 0 Å². The van der Waals surface area contributed by atoms with Crippen molar-refractivity contribution in [1.29, 1.82) is 0 Å². The van der Waals surface area contributed by atoms with E-state index in [9.17, 15) is 19.2 Å². The summed E-state index contributed by atoms with van der Waals surface area (Å²) in [5, 5.41) is 0. The standard InChI is InChI=1S/C11H12N4O4/c16-6-12-4-10(14-8-18)2-1-3-11(15-9-19)5-13-7-17/h10-11H,1-5H2. The van der Waals surface area contributed by atoms with Gasteiger partial charge in [-0.25, -0.2) is 39.1 Å². The predicted molar refractivity (Wildman–Crippen MR) is 63.6 cm³/mol. The molecule has 0 heterocycles. The zero-order chi connectivity index (χ0) is 14.3. The molecule has 0 fully saturated rings. The number of hydrogen-bond donors (Lipinski definition) is 0. The Hall–Kier alpha value is -2.48. The molecule has 0 saturated heterocycles. The van der Waals surface area contributed by atoms with E-state index >= 15 is 0 Å². The highest BCUT2D eigenvalue weighted by Gasteiger charge is 2.10. The van der Waals surface area contributed by atoms with Crippen LogP contribution in [0.5, 0.6) is 0 Å². The Balaban J connectivity index is 4.25. The number of carbonyl (C=O) groups excluding carboxylic acids is 4. The van der Waals surface area contributed by atoms with E-state index < -0.39 is 12.1 Å². The van der Waals surface area contributed by atoms with Crippen LogP contribution < -0.4 is 0 Å². The average molecular weight is 264 g/mol. The van der Waals surface area contributed by atoms with Gasteiger partial charge in [0.2, 0.25) is 24.3 Å². The van der Waals surface area contributed by atoms with E-state index in [1.807, 2.05) is 0 Å². The molecular formula is C11H12N4O4. The smallest absolute Gasteiger partial charge is 0.211 e. The van der Waals surface area contributed by atoms with Gasteiger partial charge in [-0.2, -0.15) is 0 Å². The molecule has 8 heteroatoms. The first kappa shape index (κ1) is 16.5. The van der Waals surface area contributed by atoms with Crippen LogP contribution in [0.2, 0.25) is 0 Å². The third-order valence-electron chi connectivity index (χ3n) is 2.28. The number of isocyanates is 4. The number of nitrogens with zero attached hydrogens (tertiary/aromatic N) is 4. The molecule has 0 rings (SSSR count). The van der Waals surface area contributed by atoms with Crippen LogP contribution in [0.3, 0.4) is 0 Å². The molecule has 0 aromatic rings. The highest BCUT2D eigenvalue weighted by Crippen LogP contribution is 2.09. The Bertz CT molecular complexity index is 411. The van der Waals surface area contributed by atoms with Crippen LogP contribution in [0.4, 0.5) is 0 Å². The van der Waals surface area contributed by atoms with Crippen molar-refractivity contribution < 1.29 is 19.2 Å². The fourth-order valence-electron chi connectivity index (χ4n) is 1.42. The van der Waals surface area contributed by atoms with Gasteiger partial charge in [0.15, 0.2) is 0 Å². The van der Waals surface area contributed by atoms with Crippen LogP contribution in [0.1, 0.15) is 19.3 Å². The minimum Gasteiger partial charge on any atom is -0.211 e. The molecule has 0 aliphatic heterocycles. The van der Waals surface area contributed by atoms with Crippen molar-refractivity contribution in [3.8, 4) is 0 Å². The average Bonchev–Trinajstić information content (AvgIpc) is 2.42. The molecule has 0 aliphatic rings. The molecule has 2 atom stereocenters. The Morgan fingerprint density at radius 1 is 0.684 bits per heavy atom. The van der Waals surface area contributed by atoms with Gasteiger partial charge in [-0.1, -0.05) is 0 Å². The molecule has 0 spiro atoms. The first-order chi connectivity index (χ1) is 9.28. The lowest BCUT2D eigenvalue weighted by molar-refractivity contribution is 0.506. The zero-order valence-electron chi connectivity index (χ0n) is 10.1. The summed E-state index contributed by atoms with van der Waals surface area (Å²) in [7, 11) is 0. The quantitative estimate of drug-likeness (QED) is 0.414. The second-order valence-electron chi connectivity index (χ2n) is 3.54. The summed E-state index contributed by atoms with van der Waals surface area (Å²) in [6, 6.07) is -0.899. The highest BCUT2D eigenvalue weighted by molar-refractivity contribution is 5.35. The lowest BCUT2D eigenvalue weighted by atomic mass is 10.1. The van der Waals surface area contributed by atoms with Gasteiger partial charge in [0.25, 0.3) is 0 Å². The molecule has 100 valence electrons. The van der Waals surface area contributed by atoms with Crippen LogP contribution in [0, 0.1) is 0 Å². The molecule has 0 N–H and O–H groups in total. The SMILES string of the molecule is O=C=NCC(CCCC(CN=C=O)N=C=O)N=C=O. The minimum atomic E-state index is -0.450. The Kier molecular flexibility index (Phi) is 10.4. The molecule has 8 nitrogen and oxygen atoms in total. The van der Waals surface area contributed by atoms with E-state index in [0.29, 0.717) is 19.3 Å². The normalized spacial score (nSPS) is 11.8. The van der Waals surface area contributed by atoms with E-state index in [-0.39, 0.29) is 13.1 Å². The second kappa shape index (κ2) is 12.0. The molecule has 0 amide bonds. The molecule has 0 aromatic carbocycles. The molecule has 19 heavy (non-hydrogen) atoms. The fourth-order valence-corrected chi connectivity index (χ4v) is 1.42. The largest absolute Gasteiger partial charge is 0.235 e. The van der Waals surface area contributed by atoms with Crippen LogP contribution in [-0.4, -0.2) is 49.5 Å². The third kappa shape index (κ3) is 9.24. The van der Waals surface area contributed by atoms with Crippen molar-refractivity contribution >= 4 is 24.3 Å². The van der Waals surface area contributed by atoms with Gasteiger partial charge in [0, 0.05) is 0 Å². The van der Waals surface area contributed by atoms with Crippen molar-refractivity contribution in [2.45, 2.75) is 31.3 Å². The van der Waals surface area contributed by atoms with Crippen molar-refractivity contribution in [2.24, 2.45) is 20.0 Å². The first-order valence-electron chi connectivity index (χ1n) is 5.49. The van der Waals surface area contributed by atoms with Gasteiger partial charge >= 0.3 is 0 Å². The van der Waals surface area contributed by atoms with E-state index in [2.05, 4.69) is 20.0 Å². The topological polar surface area (TPSA) is 118 Å². The predicted octanol–water partition coefficient (Wildman–Crippen LogP) is 0.237. The van der Waals surface area contributed by atoms with E-state index in [1.165, 1.54) is 24.3 Å². The van der Waals surface area contributed by atoms with Crippen molar-refractivity contribution in [1.82, 2.24) is 0 Å². The summed E-state index contributed by atoms with van der Waals surface area (Å²) in [5.41, 5.74) is 0. The Morgan fingerprint density at radius 3 is 1.42 bits per heavy atom. The summed E-state index contributed by atoms with van der Waals surface area (Å²) in [6.45, 7) is 0.125. The van der Waals surface area contributed by atoms with Crippen molar-refractivity contribution in [3.05, 3.63) is 0 Å².